The molecule has 5 nitrogen and oxygen atoms in total. The minimum atomic E-state index is -0.439. The molecule has 0 spiro atoms. The molecule has 4 rings (SSSR count). The third kappa shape index (κ3) is 4.03. The lowest BCUT2D eigenvalue weighted by Crippen LogP contribution is -2.31. The largest absolute Gasteiger partial charge is 0.411 e. The third-order valence-corrected chi connectivity index (χ3v) is 5.54. The number of aromatic nitrogens is 2. The van der Waals surface area contributed by atoms with Crippen molar-refractivity contribution in [1.82, 2.24) is 15.1 Å². The highest BCUT2D eigenvalue weighted by Crippen LogP contribution is 2.37. The first-order valence-corrected chi connectivity index (χ1v) is 9.68. The van der Waals surface area contributed by atoms with Gasteiger partial charge < -0.3 is 9.32 Å². The maximum absolute atomic E-state index is 13.1. The monoisotopic (exact) mass is 383 g/mol. The summed E-state index contributed by atoms with van der Waals surface area (Å²) in [5.74, 6) is 0.0383. The van der Waals surface area contributed by atoms with Gasteiger partial charge in [0.25, 0.3) is 5.22 Å². The number of halogens is 1. The smallest absolute Gasteiger partial charge is 0.277 e. The Balaban J connectivity index is 1.58. The zero-order valence-corrected chi connectivity index (χ0v) is 15.4. The average molecular weight is 383 g/mol. The van der Waals surface area contributed by atoms with Crippen molar-refractivity contribution in [2.24, 2.45) is 0 Å². The van der Waals surface area contributed by atoms with Gasteiger partial charge in [0.2, 0.25) is 11.8 Å². The minimum Gasteiger partial charge on any atom is -0.411 e. The molecule has 1 amide bonds. The first kappa shape index (κ1) is 17.7. The molecule has 1 atom stereocenters. The summed E-state index contributed by atoms with van der Waals surface area (Å²) in [4.78, 5) is 14.9. The fourth-order valence-electron chi connectivity index (χ4n) is 3.06. The van der Waals surface area contributed by atoms with Gasteiger partial charge in [-0.2, -0.15) is 0 Å². The van der Waals surface area contributed by atoms with E-state index in [1.165, 1.54) is 23.9 Å². The van der Waals surface area contributed by atoms with Crippen molar-refractivity contribution in [3.05, 3.63) is 66.0 Å². The zero-order valence-electron chi connectivity index (χ0n) is 14.5. The summed E-state index contributed by atoms with van der Waals surface area (Å²) in [6.07, 6.45) is 2.07. The van der Waals surface area contributed by atoms with Gasteiger partial charge in [-0.05, 0) is 54.4 Å². The molecule has 2 aromatic carbocycles. The van der Waals surface area contributed by atoms with E-state index in [1.807, 2.05) is 35.2 Å². The van der Waals surface area contributed by atoms with Gasteiger partial charge in [0.15, 0.2) is 0 Å². The Labute approximate surface area is 160 Å². The van der Waals surface area contributed by atoms with Gasteiger partial charge in [-0.3, -0.25) is 4.79 Å². The Bertz CT molecular complexity index is 908. The number of likely N-dealkylation sites (tertiary alicyclic amines) is 1. The molecule has 1 aromatic heterocycles. The fraction of sp³-hybridized carbons (Fsp3) is 0.250. The average Bonchev–Trinajstić information content (AvgIpc) is 3.39. The molecule has 0 saturated carbocycles. The van der Waals surface area contributed by atoms with E-state index >= 15 is 0 Å². The van der Waals surface area contributed by atoms with Crippen LogP contribution in [0.2, 0.25) is 0 Å². The molecule has 138 valence electrons. The van der Waals surface area contributed by atoms with Gasteiger partial charge in [0.05, 0.1) is 0 Å². The molecule has 1 fully saturated rings. The van der Waals surface area contributed by atoms with Gasteiger partial charge in [-0.15, -0.1) is 10.2 Å². The third-order valence-electron chi connectivity index (χ3n) is 4.46. The molecule has 27 heavy (non-hydrogen) atoms. The lowest BCUT2D eigenvalue weighted by molar-refractivity contribution is -0.129. The number of carbonyl (C=O) groups excluding carboxylic acids is 1. The van der Waals surface area contributed by atoms with Crippen LogP contribution in [0.5, 0.6) is 0 Å². The number of rotatable bonds is 5. The Morgan fingerprint density at radius 3 is 2.44 bits per heavy atom. The van der Waals surface area contributed by atoms with E-state index in [9.17, 15) is 9.18 Å². The summed E-state index contributed by atoms with van der Waals surface area (Å²) < 4.78 is 18.8. The number of hydrogen-bond acceptors (Lipinski definition) is 5. The van der Waals surface area contributed by atoms with Gasteiger partial charge >= 0.3 is 0 Å². The van der Waals surface area contributed by atoms with Crippen LogP contribution >= 0.6 is 11.8 Å². The second kappa shape index (κ2) is 7.92. The molecule has 0 N–H and O–H groups in total. The van der Waals surface area contributed by atoms with E-state index in [4.69, 9.17) is 4.42 Å². The van der Waals surface area contributed by atoms with Crippen LogP contribution in [0.15, 0.2) is 64.2 Å². The lowest BCUT2D eigenvalue weighted by atomic mass is 10.1. The highest BCUT2D eigenvalue weighted by Gasteiger charge is 2.30. The maximum Gasteiger partial charge on any atom is 0.277 e. The maximum atomic E-state index is 13.1. The molecular weight excluding hydrogens is 365 g/mol. The van der Waals surface area contributed by atoms with Crippen LogP contribution < -0.4 is 0 Å². The second-order valence-electron chi connectivity index (χ2n) is 6.32. The van der Waals surface area contributed by atoms with E-state index in [0.717, 1.165) is 31.5 Å². The predicted molar refractivity (Wildman–Crippen MR) is 101 cm³/mol. The number of carbonyl (C=O) groups is 1. The lowest BCUT2D eigenvalue weighted by Gasteiger charge is -2.22. The Kier molecular flexibility index (Phi) is 5.20. The molecular formula is C20H18FN3O2S. The van der Waals surface area contributed by atoms with Crippen LogP contribution in [0, 0.1) is 5.82 Å². The van der Waals surface area contributed by atoms with Crippen molar-refractivity contribution >= 4 is 17.7 Å². The van der Waals surface area contributed by atoms with Gasteiger partial charge in [0, 0.05) is 18.7 Å². The van der Waals surface area contributed by atoms with Gasteiger partial charge in [0.1, 0.15) is 11.1 Å². The molecule has 1 aliphatic rings. The normalized spacial score (nSPS) is 15.1. The predicted octanol–water partition coefficient (Wildman–Crippen LogP) is 4.33. The van der Waals surface area contributed by atoms with Crippen LogP contribution in [0.4, 0.5) is 4.39 Å². The SMILES string of the molecule is O=C([C@H](Sc1nnc(-c2ccc(F)cc2)o1)c1ccccc1)N1CCCC1. The van der Waals surface area contributed by atoms with Crippen molar-refractivity contribution in [1.29, 1.82) is 0 Å². The number of amides is 1. The number of thioether (sulfide) groups is 1. The zero-order chi connectivity index (χ0) is 18.6. The van der Waals surface area contributed by atoms with Crippen molar-refractivity contribution < 1.29 is 13.6 Å². The number of nitrogens with zero attached hydrogens (tertiary/aromatic N) is 3. The van der Waals surface area contributed by atoms with Crippen molar-refractivity contribution in [3.63, 3.8) is 0 Å². The van der Waals surface area contributed by atoms with E-state index in [1.54, 1.807) is 12.1 Å². The summed E-state index contributed by atoms with van der Waals surface area (Å²) in [6, 6.07) is 15.5. The van der Waals surface area contributed by atoms with Gasteiger partial charge in [-0.1, -0.05) is 30.3 Å². The first-order valence-electron chi connectivity index (χ1n) is 8.80. The van der Waals surface area contributed by atoms with Crippen molar-refractivity contribution in [2.45, 2.75) is 23.3 Å². The van der Waals surface area contributed by atoms with Crippen LogP contribution in [-0.2, 0) is 4.79 Å². The quantitative estimate of drug-likeness (QED) is 0.614. The molecule has 7 heteroatoms. The summed E-state index contributed by atoms with van der Waals surface area (Å²) in [5.41, 5.74) is 1.54. The van der Waals surface area contributed by atoms with Crippen LogP contribution in [0.3, 0.4) is 0 Å². The summed E-state index contributed by atoms with van der Waals surface area (Å²) >= 11 is 1.25. The molecule has 0 bridgehead atoms. The van der Waals surface area contributed by atoms with E-state index in [2.05, 4.69) is 10.2 Å². The highest BCUT2D eigenvalue weighted by atomic mass is 32.2. The Morgan fingerprint density at radius 2 is 1.74 bits per heavy atom. The summed E-state index contributed by atoms with van der Waals surface area (Å²) in [7, 11) is 0. The fourth-order valence-corrected chi connectivity index (χ4v) is 4.02. The molecule has 1 saturated heterocycles. The summed E-state index contributed by atoms with van der Waals surface area (Å²) in [6.45, 7) is 1.57. The molecule has 0 unspecified atom stereocenters. The topological polar surface area (TPSA) is 59.2 Å². The number of hydrogen-bond donors (Lipinski definition) is 0. The molecule has 0 radical (unpaired) electrons. The van der Waals surface area contributed by atoms with Crippen LogP contribution in [0.25, 0.3) is 11.5 Å². The first-order chi connectivity index (χ1) is 13.2. The van der Waals surface area contributed by atoms with Crippen LogP contribution in [-0.4, -0.2) is 34.1 Å². The molecule has 3 aromatic rings. The van der Waals surface area contributed by atoms with E-state index in [-0.39, 0.29) is 11.7 Å². The summed E-state index contributed by atoms with van der Waals surface area (Å²) in [5, 5.41) is 7.98. The van der Waals surface area contributed by atoms with Gasteiger partial charge in [-0.25, -0.2) is 4.39 Å². The Hall–Kier alpha value is -2.67. The standard InChI is InChI=1S/C20H18FN3O2S/c21-16-10-8-15(9-11-16)18-22-23-20(26-18)27-17(14-6-2-1-3-7-14)19(25)24-12-4-5-13-24/h1-3,6-11,17H,4-5,12-13H2/t17-/m1/s1. The Morgan fingerprint density at radius 1 is 1.04 bits per heavy atom. The minimum absolute atomic E-state index is 0.0604. The second-order valence-corrected chi connectivity index (χ2v) is 7.38. The molecule has 1 aliphatic heterocycles. The number of benzene rings is 2. The molecule has 0 aliphatic carbocycles. The van der Waals surface area contributed by atoms with Crippen molar-refractivity contribution in [3.8, 4) is 11.5 Å². The van der Waals surface area contributed by atoms with Crippen LogP contribution in [0.1, 0.15) is 23.7 Å². The van der Waals surface area contributed by atoms with E-state index < -0.39 is 5.25 Å². The van der Waals surface area contributed by atoms with E-state index in [0.29, 0.717) is 16.7 Å². The van der Waals surface area contributed by atoms with Crippen molar-refractivity contribution in [2.75, 3.05) is 13.1 Å². The highest BCUT2D eigenvalue weighted by molar-refractivity contribution is 8.00. The molecule has 2 heterocycles.